The minimum absolute atomic E-state index is 0.291. The van der Waals surface area contributed by atoms with Crippen LogP contribution in [-0.4, -0.2) is 31.0 Å². The maximum Gasteiger partial charge on any atom is 0.291 e. The van der Waals surface area contributed by atoms with Gasteiger partial charge < -0.3 is 14.5 Å². The number of furan rings is 1. The number of benzene rings is 1. The summed E-state index contributed by atoms with van der Waals surface area (Å²) >= 11 is 6.07. The minimum atomic E-state index is -0.291. The Kier molecular flexibility index (Phi) is 5.43. The fourth-order valence-corrected chi connectivity index (χ4v) is 3.12. The first-order valence-electron chi connectivity index (χ1n) is 8.11. The topological polar surface area (TPSA) is 54.7 Å². The van der Waals surface area contributed by atoms with Gasteiger partial charge >= 0.3 is 0 Å². The first-order valence-corrected chi connectivity index (χ1v) is 8.49. The van der Waals surface area contributed by atoms with Crippen molar-refractivity contribution < 1.29 is 13.9 Å². The number of halogens is 1. The highest BCUT2D eigenvalue weighted by atomic mass is 35.5. The van der Waals surface area contributed by atoms with Crippen LogP contribution >= 0.6 is 11.6 Å². The molecule has 0 spiro atoms. The molecule has 1 amide bonds. The average molecular weight is 349 g/mol. The number of amides is 1. The molecule has 2 heterocycles. The molecule has 1 aliphatic heterocycles. The fourth-order valence-electron chi connectivity index (χ4n) is 2.86. The third-order valence-electron chi connectivity index (χ3n) is 4.12. The maximum atomic E-state index is 12.3. The van der Waals surface area contributed by atoms with Crippen molar-refractivity contribution >= 4 is 23.2 Å². The Morgan fingerprint density at radius 2 is 2.04 bits per heavy atom. The third-order valence-corrected chi connectivity index (χ3v) is 4.42. The summed E-state index contributed by atoms with van der Waals surface area (Å²) in [6.45, 7) is 2.93. The van der Waals surface area contributed by atoms with Gasteiger partial charge in [-0.25, -0.2) is 0 Å². The molecule has 1 aliphatic rings. The van der Waals surface area contributed by atoms with Crippen LogP contribution in [0.25, 0.3) is 0 Å². The number of hydrogen-bond acceptors (Lipinski definition) is 4. The molecular weight excluding hydrogens is 328 g/mol. The molecule has 0 unspecified atom stereocenters. The number of nitrogens with one attached hydrogen (secondary N) is 1. The molecule has 1 N–H and O–H groups in total. The molecule has 2 aromatic rings. The van der Waals surface area contributed by atoms with E-state index in [0.29, 0.717) is 22.2 Å². The zero-order valence-corrected chi connectivity index (χ0v) is 14.4. The number of piperidine rings is 1. The van der Waals surface area contributed by atoms with E-state index in [9.17, 15) is 4.79 Å². The number of ether oxygens (including phenoxy) is 1. The Hall–Kier alpha value is -1.98. The molecule has 0 atom stereocenters. The molecule has 0 aliphatic carbocycles. The van der Waals surface area contributed by atoms with E-state index < -0.39 is 0 Å². The maximum absolute atomic E-state index is 12.3. The van der Waals surface area contributed by atoms with Crippen LogP contribution in [0.15, 0.2) is 34.7 Å². The van der Waals surface area contributed by atoms with Crippen LogP contribution in [0.2, 0.25) is 5.02 Å². The van der Waals surface area contributed by atoms with Crippen molar-refractivity contribution in [3.63, 3.8) is 0 Å². The first kappa shape index (κ1) is 16.9. The van der Waals surface area contributed by atoms with E-state index in [-0.39, 0.29) is 5.91 Å². The van der Waals surface area contributed by atoms with Crippen LogP contribution in [0.4, 0.5) is 5.69 Å². The molecule has 128 valence electrons. The number of nitrogens with zero attached hydrogens (tertiary/aromatic N) is 1. The highest BCUT2D eigenvalue weighted by Crippen LogP contribution is 2.27. The second kappa shape index (κ2) is 7.73. The summed E-state index contributed by atoms with van der Waals surface area (Å²) in [6, 6.07) is 8.67. The second-order valence-electron chi connectivity index (χ2n) is 5.91. The normalized spacial score (nSPS) is 15.2. The van der Waals surface area contributed by atoms with Gasteiger partial charge in [0, 0.05) is 5.69 Å². The largest absolute Gasteiger partial charge is 0.495 e. The molecule has 0 radical (unpaired) electrons. The predicted octanol–water partition coefficient (Wildman–Crippen LogP) is 4.18. The number of hydrogen-bond donors (Lipinski definition) is 1. The van der Waals surface area contributed by atoms with Crippen molar-refractivity contribution in [2.24, 2.45) is 0 Å². The molecule has 0 bridgehead atoms. The third kappa shape index (κ3) is 4.10. The highest BCUT2D eigenvalue weighted by Gasteiger charge is 2.16. The van der Waals surface area contributed by atoms with Gasteiger partial charge in [0.25, 0.3) is 5.91 Å². The lowest BCUT2D eigenvalue weighted by molar-refractivity contribution is 0.0992. The van der Waals surface area contributed by atoms with Crippen LogP contribution in [0.3, 0.4) is 0 Å². The number of anilines is 1. The molecule has 6 heteroatoms. The molecule has 0 saturated carbocycles. The minimum Gasteiger partial charge on any atom is -0.495 e. The highest BCUT2D eigenvalue weighted by molar-refractivity contribution is 6.32. The van der Waals surface area contributed by atoms with Crippen molar-refractivity contribution in [3.05, 3.63) is 46.9 Å². The number of carbonyl (C=O) groups excluding carboxylic acids is 1. The average Bonchev–Trinajstić information content (AvgIpc) is 3.04. The van der Waals surface area contributed by atoms with Gasteiger partial charge in [-0.3, -0.25) is 9.69 Å². The van der Waals surface area contributed by atoms with Crippen molar-refractivity contribution in [2.75, 3.05) is 25.5 Å². The summed E-state index contributed by atoms with van der Waals surface area (Å²) < 4.78 is 10.8. The lowest BCUT2D eigenvalue weighted by atomic mass is 10.1. The van der Waals surface area contributed by atoms with Crippen molar-refractivity contribution in [1.29, 1.82) is 0 Å². The summed E-state index contributed by atoms with van der Waals surface area (Å²) in [7, 11) is 1.55. The van der Waals surface area contributed by atoms with Gasteiger partial charge in [0.1, 0.15) is 11.5 Å². The Morgan fingerprint density at radius 3 is 2.75 bits per heavy atom. The van der Waals surface area contributed by atoms with E-state index in [2.05, 4.69) is 10.2 Å². The van der Waals surface area contributed by atoms with Crippen molar-refractivity contribution in [3.8, 4) is 5.75 Å². The van der Waals surface area contributed by atoms with Gasteiger partial charge in [-0.05, 0) is 56.3 Å². The second-order valence-corrected chi connectivity index (χ2v) is 6.31. The zero-order valence-electron chi connectivity index (χ0n) is 13.7. The molecule has 5 nitrogen and oxygen atoms in total. The number of likely N-dealkylation sites (tertiary alicyclic amines) is 1. The predicted molar refractivity (Wildman–Crippen MR) is 93.8 cm³/mol. The summed E-state index contributed by atoms with van der Waals surface area (Å²) in [6.07, 6.45) is 3.76. The Bertz CT molecular complexity index is 708. The van der Waals surface area contributed by atoms with Gasteiger partial charge in [0.2, 0.25) is 0 Å². The van der Waals surface area contributed by atoms with E-state index in [1.54, 1.807) is 31.4 Å². The smallest absolute Gasteiger partial charge is 0.291 e. The van der Waals surface area contributed by atoms with Gasteiger partial charge in [0.05, 0.1) is 18.7 Å². The monoisotopic (exact) mass is 348 g/mol. The summed E-state index contributed by atoms with van der Waals surface area (Å²) in [4.78, 5) is 14.6. The van der Waals surface area contributed by atoms with Crippen LogP contribution in [-0.2, 0) is 6.54 Å². The van der Waals surface area contributed by atoms with E-state index >= 15 is 0 Å². The van der Waals surface area contributed by atoms with E-state index in [1.165, 1.54) is 19.3 Å². The van der Waals surface area contributed by atoms with Gasteiger partial charge in [0.15, 0.2) is 5.76 Å². The van der Waals surface area contributed by atoms with Crippen LogP contribution < -0.4 is 10.1 Å². The van der Waals surface area contributed by atoms with E-state index in [0.717, 1.165) is 25.4 Å². The van der Waals surface area contributed by atoms with Crippen molar-refractivity contribution in [1.82, 2.24) is 4.90 Å². The molecule has 1 saturated heterocycles. The number of carbonyl (C=O) groups is 1. The molecule has 24 heavy (non-hydrogen) atoms. The van der Waals surface area contributed by atoms with Gasteiger partial charge in [-0.15, -0.1) is 0 Å². The van der Waals surface area contributed by atoms with E-state index in [1.807, 2.05) is 6.07 Å². The SMILES string of the molecule is COc1ccc(NC(=O)c2ccc(CN3CCCCC3)o2)cc1Cl. The molecule has 1 aromatic carbocycles. The Morgan fingerprint density at radius 1 is 1.25 bits per heavy atom. The van der Waals surface area contributed by atoms with Gasteiger partial charge in [-0.1, -0.05) is 18.0 Å². The summed E-state index contributed by atoms with van der Waals surface area (Å²) in [5.41, 5.74) is 0.597. The van der Waals surface area contributed by atoms with Crippen LogP contribution in [0.1, 0.15) is 35.6 Å². The first-order chi connectivity index (χ1) is 11.7. The lowest BCUT2D eigenvalue weighted by Gasteiger charge is -2.25. The Labute approximate surface area is 146 Å². The fraction of sp³-hybridized carbons (Fsp3) is 0.389. The molecular formula is C18H21ClN2O3. The lowest BCUT2D eigenvalue weighted by Crippen LogP contribution is -2.28. The molecule has 3 rings (SSSR count). The molecule has 1 fully saturated rings. The summed E-state index contributed by atoms with van der Waals surface area (Å²) in [5.74, 6) is 1.39. The summed E-state index contributed by atoms with van der Waals surface area (Å²) in [5, 5.41) is 3.23. The van der Waals surface area contributed by atoms with Gasteiger partial charge in [-0.2, -0.15) is 0 Å². The van der Waals surface area contributed by atoms with E-state index in [4.69, 9.17) is 20.8 Å². The van der Waals surface area contributed by atoms with Crippen LogP contribution in [0.5, 0.6) is 5.75 Å². The van der Waals surface area contributed by atoms with Crippen LogP contribution in [0, 0.1) is 0 Å². The number of methoxy groups -OCH3 is 1. The Balaban J connectivity index is 1.62. The van der Waals surface area contributed by atoms with Crippen molar-refractivity contribution in [2.45, 2.75) is 25.8 Å². The standard InChI is InChI=1S/C18H21ClN2O3/c1-23-16-7-5-13(11-15(16)19)20-18(22)17-8-6-14(24-17)12-21-9-3-2-4-10-21/h5-8,11H,2-4,9-10,12H2,1H3,(H,20,22). The quantitative estimate of drug-likeness (QED) is 0.880. The number of rotatable bonds is 5. The molecule has 1 aromatic heterocycles. The zero-order chi connectivity index (χ0) is 16.9.